The van der Waals surface area contributed by atoms with Crippen molar-refractivity contribution >= 4 is 11.8 Å². The van der Waals surface area contributed by atoms with Crippen LogP contribution in [-0.4, -0.2) is 26.9 Å². The average molecular weight is 285 g/mol. The summed E-state index contributed by atoms with van der Waals surface area (Å²) < 4.78 is 0. The maximum absolute atomic E-state index is 11.8. The van der Waals surface area contributed by atoms with E-state index in [1.165, 1.54) is 11.8 Å². The number of carboxylic acids is 1. The molecule has 0 spiro atoms. The molecule has 0 aliphatic carbocycles. The van der Waals surface area contributed by atoms with Crippen LogP contribution in [0.3, 0.4) is 0 Å². The SMILES string of the molecule is Cc1ccc(Cc2cc(C(=O)/C=C(\O)C(=O)O)c[nH]2)cc1. The van der Waals surface area contributed by atoms with Crippen LogP contribution in [0.2, 0.25) is 0 Å². The average Bonchev–Trinajstić information content (AvgIpc) is 2.90. The molecule has 5 heteroatoms. The van der Waals surface area contributed by atoms with Gasteiger partial charge in [0.2, 0.25) is 5.76 Å². The Morgan fingerprint density at radius 2 is 1.86 bits per heavy atom. The van der Waals surface area contributed by atoms with Gasteiger partial charge in [0, 0.05) is 30.0 Å². The first-order valence-corrected chi connectivity index (χ1v) is 6.37. The van der Waals surface area contributed by atoms with Crippen molar-refractivity contribution < 1.29 is 19.8 Å². The zero-order valence-electron chi connectivity index (χ0n) is 11.5. The van der Waals surface area contributed by atoms with E-state index in [0.717, 1.165) is 11.3 Å². The fraction of sp³-hybridized carbons (Fsp3) is 0.125. The summed E-state index contributed by atoms with van der Waals surface area (Å²) in [6.07, 6.45) is 2.83. The second-order valence-corrected chi connectivity index (χ2v) is 4.77. The highest BCUT2D eigenvalue weighted by atomic mass is 16.4. The van der Waals surface area contributed by atoms with Crippen LogP contribution in [-0.2, 0) is 11.2 Å². The molecule has 0 bridgehead atoms. The molecule has 2 rings (SSSR count). The summed E-state index contributed by atoms with van der Waals surface area (Å²) in [6.45, 7) is 2.01. The molecule has 0 aliphatic heterocycles. The number of aliphatic hydroxyl groups is 1. The van der Waals surface area contributed by atoms with E-state index in [2.05, 4.69) is 4.98 Å². The second-order valence-electron chi connectivity index (χ2n) is 4.77. The van der Waals surface area contributed by atoms with Gasteiger partial charge in [-0.2, -0.15) is 0 Å². The number of aromatic amines is 1. The summed E-state index contributed by atoms with van der Waals surface area (Å²) in [5, 5.41) is 17.6. The Morgan fingerprint density at radius 3 is 2.48 bits per heavy atom. The molecule has 0 fully saturated rings. The van der Waals surface area contributed by atoms with Gasteiger partial charge in [0.15, 0.2) is 5.78 Å². The Balaban J connectivity index is 2.11. The van der Waals surface area contributed by atoms with Gasteiger partial charge in [0.25, 0.3) is 0 Å². The Kier molecular flexibility index (Phi) is 4.23. The number of carbonyl (C=O) groups excluding carboxylic acids is 1. The molecule has 3 N–H and O–H groups in total. The molecule has 2 aromatic rings. The van der Waals surface area contributed by atoms with Crippen LogP contribution < -0.4 is 0 Å². The van der Waals surface area contributed by atoms with Crippen LogP contribution >= 0.6 is 0 Å². The van der Waals surface area contributed by atoms with Crippen LogP contribution in [0, 0.1) is 6.92 Å². The van der Waals surface area contributed by atoms with E-state index in [0.29, 0.717) is 18.1 Å². The summed E-state index contributed by atoms with van der Waals surface area (Å²) in [7, 11) is 0. The molecule has 0 radical (unpaired) electrons. The van der Waals surface area contributed by atoms with Crippen LogP contribution in [0.5, 0.6) is 0 Å². The third-order valence-corrected chi connectivity index (χ3v) is 3.03. The fourth-order valence-corrected chi connectivity index (χ4v) is 1.88. The number of aryl methyl sites for hydroxylation is 1. The molecule has 0 unspecified atom stereocenters. The molecule has 108 valence electrons. The number of hydrogen-bond acceptors (Lipinski definition) is 3. The number of carbonyl (C=O) groups is 2. The first-order valence-electron chi connectivity index (χ1n) is 6.37. The van der Waals surface area contributed by atoms with Crippen molar-refractivity contribution in [2.75, 3.05) is 0 Å². The van der Waals surface area contributed by atoms with Gasteiger partial charge in [-0.3, -0.25) is 4.79 Å². The molecule has 0 aliphatic rings. The van der Waals surface area contributed by atoms with Gasteiger partial charge in [-0.05, 0) is 18.6 Å². The summed E-state index contributed by atoms with van der Waals surface area (Å²) >= 11 is 0. The number of aliphatic carboxylic acids is 1. The topological polar surface area (TPSA) is 90.4 Å². The Labute approximate surface area is 121 Å². The lowest BCUT2D eigenvalue weighted by Crippen LogP contribution is -2.03. The lowest BCUT2D eigenvalue weighted by atomic mass is 10.1. The third kappa shape index (κ3) is 3.82. The number of benzene rings is 1. The molecular formula is C16H15NO4. The van der Waals surface area contributed by atoms with Crippen molar-refractivity contribution in [3.05, 3.63) is 70.7 Å². The van der Waals surface area contributed by atoms with Gasteiger partial charge in [-0.25, -0.2) is 4.79 Å². The van der Waals surface area contributed by atoms with Gasteiger partial charge in [0.1, 0.15) is 0 Å². The Morgan fingerprint density at radius 1 is 1.19 bits per heavy atom. The zero-order chi connectivity index (χ0) is 15.4. The highest BCUT2D eigenvalue weighted by molar-refractivity contribution is 6.07. The van der Waals surface area contributed by atoms with Crippen molar-refractivity contribution in [1.82, 2.24) is 4.98 Å². The van der Waals surface area contributed by atoms with E-state index >= 15 is 0 Å². The Bertz CT molecular complexity index is 695. The van der Waals surface area contributed by atoms with E-state index < -0.39 is 17.5 Å². The summed E-state index contributed by atoms with van der Waals surface area (Å²) in [5.74, 6) is -3.05. The number of nitrogens with one attached hydrogen (secondary N) is 1. The highest BCUT2D eigenvalue weighted by Gasteiger charge is 2.11. The number of aromatic nitrogens is 1. The molecule has 1 aromatic heterocycles. The van der Waals surface area contributed by atoms with Crippen molar-refractivity contribution in [2.45, 2.75) is 13.3 Å². The van der Waals surface area contributed by atoms with E-state index in [1.54, 1.807) is 6.07 Å². The predicted molar refractivity (Wildman–Crippen MR) is 77.5 cm³/mol. The van der Waals surface area contributed by atoms with E-state index in [9.17, 15) is 9.59 Å². The highest BCUT2D eigenvalue weighted by Crippen LogP contribution is 2.12. The van der Waals surface area contributed by atoms with E-state index in [4.69, 9.17) is 10.2 Å². The molecule has 21 heavy (non-hydrogen) atoms. The van der Waals surface area contributed by atoms with Crippen LogP contribution in [0.1, 0.15) is 27.2 Å². The van der Waals surface area contributed by atoms with Crippen molar-refractivity contribution in [2.24, 2.45) is 0 Å². The van der Waals surface area contributed by atoms with Gasteiger partial charge in [-0.1, -0.05) is 29.8 Å². The van der Waals surface area contributed by atoms with Crippen molar-refractivity contribution in [1.29, 1.82) is 0 Å². The van der Waals surface area contributed by atoms with Crippen molar-refractivity contribution in [3.8, 4) is 0 Å². The molecule has 0 atom stereocenters. The van der Waals surface area contributed by atoms with Gasteiger partial charge in [0.05, 0.1) is 0 Å². The standard InChI is InChI=1S/C16H15NO4/c1-10-2-4-11(5-3-10)6-13-7-12(9-17-13)14(18)8-15(19)16(20)21/h2-5,7-9,17,19H,6H2,1H3,(H,20,21)/b15-8-. The summed E-state index contributed by atoms with van der Waals surface area (Å²) in [5.41, 5.74) is 3.43. The number of H-pyrrole nitrogens is 1. The molecule has 0 saturated heterocycles. The van der Waals surface area contributed by atoms with Crippen LogP contribution in [0.4, 0.5) is 0 Å². The van der Waals surface area contributed by atoms with Crippen molar-refractivity contribution in [3.63, 3.8) is 0 Å². The monoisotopic (exact) mass is 285 g/mol. The number of hydrogen-bond donors (Lipinski definition) is 3. The molecule has 0 saturated carbocycles. The minimum Gasteiger partial charge on any atom is -0.502 e. The molecule has 1 aromatic carbocycles. The summed E-state index contributed by atoms with van der Waals surface area (Å²) in [6, 6.07) is 9.69. The first-order chi connectivity index (χ1) is 9.95. The minimum atomic E-state index is -1.53. The lowest BCUT2D eigenvalue weighted by Gasteiger charge is -1.99. The maximum atomic E-state index is 11.8. The lowest BCUT2D eigenvalue weighted by molar-refractivity contribution is -0.135. The number of allylic oxidation sites excluding steroid dienone is 1. The number of aliphatic hydroxyl groups excluding tert-OH is 1. The molecule has 5 nitrogen and oxygen atoms in total. The normalized spacial score (nSPS) is 11.4. The summed E-state index contributed by atoms with van der Waals surface area (Å²) in [4.78, 5) is 25.2. The van der Waals surface area contributed by atoms with Crippen LogP contribution in [0.15, 0.2) is 48.4 Å². The number of ketones is 1. The first kappa shape index (κ1) is 14.6. The molecule has 1 heterocycles. The minimum absolute atomic E-state index is 0.310. The van der Waals surface area contributed by atoms with E-state index in [-0.39, 0.29) is 0 Å². The Hall–Kier alpha value is -2.82. The maximum Gasteiger partial charge on any atom is 0.371 e. The number of carboxylic acid groups (broad SMARTS) is 1. The molecule has 0 amide bonds. The van der Waals surface area contributed by atoms with Gasteiger partial charge < -0.3 is 15.2 Å². The van der Waals surface area contributed by atoms with Crippen LogP contribution in [0.25, 0.3) is 0 Å². The predicted octanol–water partition coefficient (Wildman–Crippen LogP) is 2.62. The van der Waals surface area contributed by atoms with Gasteiger partial charge >= 0.3 is 5.97 Å². The zero-order valence-corrected chi connectivity index (χ0v) is 11.5. The smallest absolute Gasteiger partial charge is 0.371 e. The largest absolute Gasteiger partial charge is 0.502 e. The second kappa shape index (κ2) is 6.09. The third-order valence-electron chi connectivity index (χ3n) is 3.03. The molecular weight excluding hydrogens is 270 g/mol. The van der Waals surface area contributed by atoms with E-state index in [1.807, 2.05) is 31.2 Å². The fourth-order valence-electron chi connectivity index (χ4n) is 1.88. The van der Waals surface area contributed by atoms with Gasteiger partial charge in [-0.15, -0.1) is 0 Å². The number of rotatable bonds is 5. The quantitative estimate of drug-likeness (QED) is 0.447.